The zero-order chi connectivity index (χ0) is 21.2. The predicted octanol–water partition coefficient (Wildman–Crippen LogP) is 3.35. The molecule has 0 fully saturated rings. The normalized spacial score (nSPS) is 24.1. The van der Waals surface area contributed by atoms with Crippen molar-refractivity contribution in [3.05, 3.63) is 53.2 Å². The minimum Gasteiger partial charge on any atom is -0.445 e. The molecule has 1 aromatic carbocycles. The van der Waals surface area contributed by atoms with Gasteiger partial charge in [0.2, 0.25) is 12.7 Å². The van der Waals surface area contributed by atoms with Crippen molar-refractivity contribution in [2.24, 2.45) is 10.7 Å². The van der Waals surface area contributed by atoms with E-state index in [-0.39, 0.29) is 34.5 Å². The first-order valence-corrected chi connectivity index (χ1v) is 9.61. The molecule has 0 bridgehead atoms. The number of aromatic nitrogens is 2. The van der Waals surface area contributed by atoms with E-state index in [1.54, 1.807) is 6.92 Å². The second-order valence-electron chi connectivity index (χ2n) is 6.73. The Morgan fingerprint density at radius 1 is 1.34 bits per heavy atom. The molecular formula is C19H19F3N4O2S. The first kappa shape index (κ1) is 21.1. The van der Waals surface area contributed by atoms with Crippen LogP contribution in [0, 0.1) is 5.82 Å². The standard InChI is InChI=1S/C19H19F3N4O2S/c1-10-17(22)19(2,26-18(23)29-10)12-5-11(3-4-13(12)21)6-15(27)14-7-25-16(8-24-14)28-9-20/h3-5,7-8,10,17H,6,9H2,1-2H3,(H2,23,26)/t10-,17+,19-/m1/s1. The zero-order valence-electron chi connectivity index (χ0n) is 15.7. The average molecular weight is 424 g/mol. The van der Waals surface area contributed by atoms with Crippen molar-refractivity contribution in [2.45, 2.75) is 37.2 Å². The highest BCUT2D eigenvalue weighted by Gasteiger charge is 2.45. The molecule has 1 aromatic heterocycles. The van der Waals surface area contributed by atoms with Crippen molar-refractivity contribution in [3.8, 4) is 5.88 Å². The van der Waals surface area contributed by atoms with E-state index in [0.29, 0.717) is 5.56 Å². The quantitative estimate of drug-likeness (QED) is 0.716. The van der Waals surface area contributed by atoms with Crippen molar-refractivity contribution in [3.63, 3.8) is 0 Å². The van der Waals surface area contributed by atoms with Gasteiger partial charge >= 0.3 is 0 Å². The Kier molecular flexibility index (Phi) is 6.11. The van der Waals surface area contributed by atoms with E-state index in [0.717, 1.165) is 18.0 Å². The monoisotopic (exact) mass is 424 g/mol. The highest BCUT2D eigenvalue weighted by Crippen LogP contribution is 2.42. The Hall–Kier alpha value is -2.62. The fraction of sp³-hybridized carbons (Fsp3) is 0.368. The smallest absolute Gasteiger partial charge is 0.234 e. The molecule has 6 nitrogen and oxygen atoms in total. The second kappa shape index (κ2) is 8.40. The highest BCUT2D eigenvalue weighted by atomic mass is 32.2. The van der Waals surface area contributed by atoms with Gasteiger partial charge in [-0.05, 0) is 31.5 Å². The van der Waals surface area contributed by atoms with E-state index in [9.17, 15) is 18.0 Å². The number of carbonyl (C=O) groups excluding carboxylic acids is 1. The Bertz CT molecular complexity index is 942. The van der Waals surface area contributed by atoms with Crippen LogP contribution in [0.4, 0.5) is 13.2 Å². The van der Waals surface area contributed by atoms with Crippen LogP contribution in [0.3, 0.4) is 0 Å². The molecule has 1 aliphatic heterocycles. The Morgan fingerprint density at radius 3 is 2.76 bits per heavy atom. The van der Waals surface area contributed by atoms with Gasteiger partial charge in [0.25, 0.3) is 0 Å². The third-order valence-electron chi connectivity index (χ3n) is 4.66. The summed E-state index contributed by atoms with van der Waals surface area (Å²) in [5.41, 5.74) is 4.84. The first-order chi connectivity index (χ1) is 13.7. The van der Waals surface area contributed by atoms with Gasteiger partial charge in [-0.3, -0.25) is 4.79 Å². The van der Waals surface area contributed by atoms with Crippen LogP contribution in [0.25, 0.3) is 0 Å². The van der Waals surface area contributed by atoms with E-state index >= 15 is 0 Å². The molecule has 1 aliphatic rings. The van der Waals surface area contributed by atoms with E-state index < -0.39 is 29.6 Å². The molecule has 0 unspecified atom stereocenters. The van der Waals surface area contributed by atoms with Crippen LogP contribution >= 0.6 is 11.8 Å². The van der Waals surface area contributed by atoms with Gasteiger partial charge in [0.05, 0.1) is 12.4 Å². The number of ether oxygens (including phenoxy) is 1. The van der Waals surface area contributed by atoms with Gasteiger partial charge in [-0.1, -0.05) is 17.8 Å². The van der Waals surface area contributed by atoms with Crippen LogP contribution in [0.1, 0.15) is 35.5 Å². The fourth-order valence-electron chi connectivity index (χ4n) is 3.17. The number of hydrogen-bond acceptors (Lipinski definition) is 7. The van der Waals surface area contributed by atoms with Crippen LogP contribution in [0.15, 0.2) is 35.6 Å². The lowest BCUT2D eigenvalue weighted by Gasteiger charge is -2.37. The van der Waals surface area contributed by atoms with Crippen LogP contribution in [-0.2, 0) is 12.0 Å². The van der Waals surface area contributed by atoms with E-state index in [2.05, 4.69) is 19.7 Å². The topological polar surface area (TPSA) is 90.5 Å². The number of nitrogens with zero attached hydrogens (tertiary/aromatic N) is 3. The minimum absolute atomic E-state index is 0.0307. The Balaban J connectivity index is 1.87. The van der Waals surface area contributed by atoms with Gasteiger partial charge in [0.1, 0.15) is 23.2 Å². The molecule has 0 spiro atoms. The number of rotatable bonds is 6. The molecule has 3 rings (SSSR count). The molecule has 0 saturated heterocycles. The fourth-order valence-corrected chi connectivity index (χ4v) is 4.18. The van der Waals surface area contributed by atoms with Crippen molar-refractivity contribution >= 4 is 22.7 Å². The van der Waals surface area contributed by atoms with E-state index in [1.807, 2.05) is 0 Å². The molecule has 0 aliphatic carbocycles. The predicted molar refractivity (Wildman–Crippen MR) is 104 cm³/mol. The number of nitrogens with two attached hydrogens (primary N) is 1. The lowest BCUT2D eigenvalue weighted by atomic mass is 9.84. The maximum Gasteiger partial charge on any atom is 0.234 e. The highest BCUT2D eigenvalue weighted by molar-refractivity contribution is 8.14. The molecule has 2 aromatic rings. The zero-order valence-corrected chi connectivity index (χ0v) is 16.5. The maximum atomic E-state index is 15.0. The molecule has 0 saturated carbocycles. The van der Waals surface area contributed by atoms with Crippen LogP contribution in [0.5, 0.6) is 5.88 Å². The molecule has 29 heavy (non-hydrogen) atoms. The van der Waals surface area contributed by atoms with Crippen molar-refractivity contribution in [1.82, 2.24) is 9.97 Å². The summed E-state index contributed by atoms with van der Waals surface area (Å²) < 4.78 is 46.2. The molecule has 154 valence electrons. The molecular weight excluding hydrogens is 405 g/mol. The molecule has 10 heteroatoms. The number of ketones is 1. The summed E-state index contributed by atoms with van der Waals surface area (Å²) in [6.45, 7) is 2.09. The third kappa shape index (κ3) is 4.36. The number of amidine groups is 1. The summed E-state index contributed by atoms with van der Waals surface area (Å²) in [7, 11) is 0. The van der Waals surface area contributed by atoms with Crippen LogP contribution < -0.4 is 10.5 Å². The van der Waals surface area contributed by atoms with Gasteiger partial charge < -0.3 is 10.5 Å². The molecule has 0 amide bonds. The number of aliphatic imine (C=N–C) groups is 1. The third-order valence-corrected chi connectivity index (χ3v) is 5.60. The summed E-state index contributed by atoms with van der Waals surface area (Å²) in [5, 5.41) is -0.317. The number of thioether (sulfide) groups is 1. The molecule has 3 atom stereocenters. The van der Waals surface area contributed by atoms with Gasteiger partial charge in [-0.15, -0.1) is 0 Å². The van der Waals surface area contributed by atoms with Crippen molar-refractivity contribution in [1.29, 1.82) is 0 Å². The van der Waals surface area contributed by atoms with Gasteiger partial charge in [0.15, 0.2) is 11.0 Å². The Labute approximate surface area is 169 Å². The van der Waals surface area contributed by atoms with Crippen molar-refractivity contribution < 1.29 is 22.7 Å². The maximum absolute atomic E-state index is 15.0. The lowest BCUT2D eigenvalue weighted by Crippen LogP contribution is -2.44. The van der Waals surface area contributed by atoms with Gasteiger partial charge in [-0.2, -0.15) is 0 Å². The summed E-state index contributed by atoms with van der Waals surface area (Å²) in [6, 6.07) is 4.04. The number of carbonyl (C=O) groups is 1. The summed E-state index contributed by atoms with van der Waals surface area (Å²) in [4.78, 5) is 24.3. The number of benzene rings is 1. The van der Waals surface area contributed by atoms with E-state index in [1.165, 1.54) is 31.3 Å². The Morgan fingerprint density at radius 2 is 2.10 bits per heavy atom. The number of alkyl halides is 2. The van der Waals surface area contributed by atoms with Gasteiger partial charge in [0, 0.05) is 17.2 Å². The summed E-state index contributed by atoms with van der Waals surface area (Å²) >= 11 is 1.10. The molecule has 2 heterocycles. The van der Waals surface area contributed by atoms with E-state index in [4.69, 9.17) is 5.73 Å². The SMILES string of the molecule is C[C@H]1SC(N)=N[C@](C)(c2cc(CC(=O)c3cnc(OCF)cn3)ccc2F)[C@H]1F. The molecule has 0 radical (unpaired) electrons. The van der Waals surface area contributed by atoms with Crippen LogP contribution in [0.2, 0.25) is 0 Å². The number of Topliss-reactive ketones (excluding diaryl/α,β-unsaturated/α-hetero) is 1. The largest absolute Gasteiger partial charge is 0.445 e. The second-order valence-corrected chi connectivity index (χ2v) is 8.13. The average Bonchev–Trinajstić information content (AvgIpc) is 2.68. The summed E-state index contributed by atoms with van der Waals surface area (Å²) in [6.07, 6.45) is 0.730. The molecule has 2 N–H and O–H groups in total. The number of halogens is 3. The van der Waals surface area contributed by atoms with Crippen molar-refractivity contribution in [2.75, 3.05) is 6.86 Å². The van der Waals surface area contributed by atoms with Gasteiger partial charge in [-0.25, -0.2) is 28.1 Å². The lowest BCUT2D eigenvalue weighted by molar-refractivity contribution is 0.0987. The summed E-state index contributed by atoms with van der Waals surface area (Å²) in [5.74, 6) is -1.07. The number of hydrogen-bond donors (Lipinski definition) is 1. The minimum atomic E-state index is -1.50. The van der Waals surface area contributed by atoms with Crippen LogP contribution in [-0.4, -0.2) is 39.2 Å². The first-order valence-electron chi connectivity index (χ1n) is 8.73.